The van der Waals surface area contributed by atoms with Gasteiger partial charge in [0.15, 0.2) is 6.61 Å². The molecule has 0 bridgehead atoms. The van der Waals surface area contributed by atoms with Crippen molar-refractivity contribution in [2.24, 2.45) is 0 Å². The summed E-state index contributed by atoms with van der Waals surface area (Å²) in [4.78, 5) is 14.3. The van der Waals surface area contributed by atoms with Gasteiger partial charge in [-0.15, -0.1) is 12.4 Å². The number of halogens is 1. The zero-order valence-electron chi connectivity index (χ0n) is 13.8. The van der Waals surface area contributed by atoms with E-state index in [4.69, 9.17) is 4.74 Å². The summed E-state index contributed by atoms with van der Waals surface area (Å²) < 4.78 is 5.84. The molecule has 1 aliphatic heterocycles. The molecule has 0 aromatic heterocycles. The molecule has 1 fully saturated rings. The van der Waals surface area contributed by atoms with E-state index >= 15 is 0 Å². The van der Waals surface area contributed by atoms with E-state index in [1.165, 1.54) is 0 Å². The predicted octanol–water partition coefficient (Wildman–Crippen LogP) is 2.97. The second kappa shape index (κ2) is 8.71. The van der Waals surface area contributed by atoms with E-state index in [0.29, 0.717) is 0 Å². The van der Waals surface area contributed by atoms with Gasteiger partial charge in [-0.05, 0) is 18.6 Å². The first kappa shape index (κ1) is 18.3. The van der Waals surface area contributed by atoms with Crippen LogP contribution in [0.1, 0.15) is 6.92 Å². The topological polar surface area (TPSA) is 41.6 Å². The molecule has 2 aromatic rings. The van der Waals surface area contributed by atoms with Gasteiger partial charge in [-0.3, -0.25) is 4.79 Å². The molecule has 0 unspecified atom stereocenters. The smallest absolute Gasteiger partial charge is 0.260 e. The Kier molecular flexibility index (Phi) is 6.64. The average Bonchev–Trinajstić information content (AvgIpc) is 2.61. The highest BCUT2D eigenvalue weighted by Crippen LogP contribution is 2.29. The van der Waals surface area contributed by atoms with Crippen molar-refractivity contribution in [1.29, 1.82) is 0 Å². The Morgan fingerprint density at radius 2 is 1.88 bits per heavy atom. The van der Waals surface area contributed by atoms with Crippen LogP contribution in [0.25, 0.3) is 11.1 Å². The van der Waals surface area contributed by atoms with Crippen LogP contribution in [0.3, 0.4) is 0 Å². The highest BCUT2D eigenvalue weighted by molar-refractivity contribution is 5.85. The van der Waals surface area contributed by atoms with Crippen molar-refractivity contribution in [2.75, 3.05) is 26.2 Å². The summed E-state index contributed by atoms with van der Waals surface area (Å²) in [6, 6.07) is 18.1. The quantitative estimate of drug-likeness (QED) is 0.925. The van der Waals surface area contributed by atoms with Crippen molar-refractivity contribution < 1.29 is 9.53 Å². The van der Waals surface area contributed by atoms with E-state index in [1.807, 2.05) is 59.5 Å². The summed E-state index contributed by atoms with van der Waals surface area (Å²) in [5.41, 5.74) is 2.10. The monoisotopic (exact) mass is 346 g/mol. The van der Waals surface area contributed by atoms with Gasteiger partial charge in [-0.2, -0.15) is 0 Å². The van der Waals surface area contributed by atoms with E-state index in [-0.39, 0.29) is 31.0 Å². The summed E-state index contributed by atoms with van der Waals surface area (Å²) in [5.74, 6) is 0.789. The molecule has 0 spiro atoms. The zero-order chi connectivity index (χ0) is 16.1. The van der Waals surface area contributed by atoms with E-state index in [0.717, 1.165) is 36.5 Å². The van der Waals surface area contributed by atoms with Gasteiger partial charge in [-0.25, -0.2) is 0 Å². The van der Waals surface area contributed by atoms with E-state index in [2.05, 4.69) is 12.2 Å². The molecule has 0 radical (unpaired) electrons. The predicted molar refractivity (Wildman–Crippen MR) is 98.7 cm³/mol. The number of nitrogens with zero attached hydrogens (tertiary/aromatic N) is 1. The lowest BCUT2D eigenvalue weighted by Crippen LogP contribution is -2.53. The summed E-state index contributed by atoms with van der Waals surface area (Å²) >= 11 is 0. The largest absolute Gasteiger partial charge is 0.483 e. The van der Waals surface area contributed by atoms with Crippen LogP contribution in [-0.4, -0.2) is 43.1 Å². The fourth-order valence-corrected chi connectivity index (χ4v) is 2.88. The Hall–Kier alpha value is -2.04. The number of benzene rings is 2. The number of ether oxygens (including phenoxy) is 1. The lowest BCUT2D eigenvalue weighted by Gasteiger charge is -2.33. The Morgan fingerprint density at radius 1 is 1.17 bits per heavy atom. The van der Waals surface area contributed by atoms with Gasteiger partial charge in [0.05, 0.1) is 0 Å². The molecule has 1 N–H and O–H groups in total. The number of carbonyl (C=O) groups is 1. The molecule has 3 rings (SSSR count). The third-order valence-electron chi connectivity index (χ3n) is 4.14. The number of rotatable bonds is 4. The van der Waals surface area contributed by atoms with Gasteiger partial charge in [0.25, 0.3) is 5.91 Å². The van der Waals surface area contributed by atoms with Crippen molar-refractivity contribution in [1.82, 2.24) is 10.2 Å². The van der Waals surface area contributed by atoms with Gasteiger partial charge < -0.3 is 15.0 Å². The molecule has 1 amide bonds. The normalized spacial score (nSPS) is 17.0. The lowest BCUT2D eigenvalue weighted by atomic mass is 10.1. The van der Waals surface area contributed by atoms with Crippen LogP contribution in [0.5, 0.6) is 5.75 Å². The molecule has 0 aliphatic carbocycles. The van der Waals surface area contributed by atoms with Gasteiger partial charge in [-0.1, -0.05) is 48.5 Å². The Bertz CT molecular complexity index is 663. The number of hydrogen-bond donors (Lipinski definition) is 1. The fraction of sp³-hybridized carbons (Fsp3) is 0.316. The maximum atomic E-state index is 12.4. The van der Waals surface area contributed by atoms with Crippen molar-refractivity contribution in [3.8, 4) is 16.9 Å². The molecule has 0 saturated carbocycles. The first-order valence-electron chi connectivity index (χ1n) is 8.03. The van der Waals surface area contributed by atoms with E-state index in [9.17, 15) is 4.79 Å². The second-order valence-electron chi connectivity index (χ2n) is 5.79. The Balaban J connectivity index is 0.00000208. The second-order valence-corrected chi connectivity index (χ2v) is 5.79. The molecule has 4 nitrogen and oxygen atoms in total. The minimum absolute atomic E-state index is 0. The molecule has 1 saturated heterocycles. The van der Waals surface area contributed by atoms with Gasteiger partial charge in [0.1, 0.15) is 5.75 Å². The van der Waals surface area contributed by atoms with Crippen molar-refractivity contribution >= 4 is 18.3 Å². The molecule has 5 heteroatoms. The van der Waals surface area contributed by atoms with E-state index in [1.54, 1.807) is 0 Å². The Morgan fingerprint density at radius 3 is 2.62 bits per heavy atom. The van der Waals surface area contributed by atoms with Crippen LogP contribution in [0.4, 0.5) is 0 Å². The van der Waals surface area contributed by atoms with Crippen LogP contribution < -0.4 is 10.1 Å². The van der Waals surface area contributed by atoms with Crippen LogP contribution in [0.15, 0.2) is 54.6 Å². The minimum Gasteiger partial charge on any atom is -0.483 e. The average molecular weight is 347 g/mol. The van der Waals surface area contributed by atoms with Crippen LogP contribution in [0.2, 0.25) is 0 Å². The number of hydrogen-bond acceptors (Lipinski definition) is 3. The van der Waals surface area contributed by atoms with Gasteiger partial charge >= 0.3 is 0 Å². The molecule has 1 atom stereocenters. The number of piperazine rings is 1. The summed E-state index contributed by atoms with van der Waals surface area (Å²) in [6.07, 6.45) is 0. The first-order chi connectivity index (χ1) is 11.3. The Labute approximate surface area is 149 Å². The SMILES string of the molecule is C[C@@H]1CNCCN1C(=O)COc1ccccc1-c1ccccc1.Cl. The standard InChI is InChI=1S/C19H22N2O2.ClH/c1-15-13-20-11-12-21(15)19(22)14-23-18-10-6-5-9-17(18)16-7-3-2-4-8-16;/h2-10,15,20H,11-14H2,1H3;1H/t15-;/m1./s1. The molecule has 128 valence electrons. The van der Waals surface area contributed by atoms with Crippen LogP contribution >= 0.6 is 12.4 Å². The fourth-order valence-electron chi connectivity index (χ4n) is 2.88. The maximum absolute atomic E-state index is 12.4. The maximum Gasteiger partial charge on any atom is 0.260 e. The number of para-hydroxylation sites is 1. The number of amides is 1. The number of carbonyl (C=O) groups excluding carboxylic acids is 1. The molecule has 1 heterocycles. The third-order valence-corrected chi connectivity index (χ3v) is 4.14. The zero-order valence-corrected chi connectivity index (χ0v) is 14.6. The number of nitrogens with one attached hydrogen (secondary N) is 1. The molecule has 24 heavy (non-hydrogen) atoms. The summed E-state index contributed by atoms with van der Waals surface area (Å²) in [7, 11) is 0. The van der Waals surface area contributed by atoms with Crippen LogP contribution in [0, 0.1) is 0 Å². The molecule has 1 aliphatic rings. The molecular weight excluding hydrogens is 324 g/mol. The third kappa shape index (κ3) is 4.28. The lowest BCUT2D eigenvalue weighted by molar-refractivity contribution is -0.136. The van der Waals surface area contributed by atoms with Crippen LogP contribution in [-0.2, 0) is 4.79 Å². The highest BCUT2D eigenvalue weighted by atomic mass is 35.5. The van der Waals surface area contributed by atoms with Crippen molar-refractivity contribution in [3.05, 3.63) is 54.6 Å². The molecular formula is C19H23ClN2O2. The van der Waals surface area contributed by atoms with Crippen molar-refractivity contribution in [2.45, 2.75) is 13.0 Å². The van der Waals surface area contributed by atoms with Crippen molar-refractivity contribution in [3.63, 3.8) is 0 Å². The minimum atomic E-state index is 0. The highest BCUT2D eigenvalue weighted by Gasteiger charge is 2.23. The van der Waals surface area contributed by atoms with Gasteiger partial charge in [0, 0.05) is 31.2 Å². The summed E-state index contributed by atoms with van der Waals surface area (Å²) in [5, 5.41) is 3.29. The van der Waals surface area contributed by atoms with E-state index < -0.39 is 0 Å². The first-order valence-corrected chi connectivity index (χ1v) is 8.03. The summed E-state index contributed by atoms with van der Waals surface area (Å²) in [6.45, 7) is 4.56. The van der Waals surface area contributed by atoms with Gasteiger partial charge in [0.2, 0.25) is 0 Å². The molecule has 2 aromatic carbocycles.